The Morgan fingerprint density at radius 1 is 1.28 bits per heavy atom. The van der Waals surface area contributed by atoms with Crippen LogP contribution in [0.5, 0.6) is 0 Å². The number of thioether (sulfide) groups is 1. The van der Waals surface area contributed by atoms with Gasteiger partial charge in [-0.3, -0.25) is 9.59 Å². The minimum absolute atomic E-state index is 0.0189. The predicted molar refractivity (Wildman–Crippen MR) is 98.7 cm³/mol. The summed E-state index contributed by atoms with van der Waals surface area (Å²) >= 11 is 1.26. The zero-order valence-electron chi connectivity index (χ0n) is 14.9. The number of aromatic nitrogens is 1. The summed E-state index contributed by atoms with van der Waals surface area (Å²) in [6, 6.07) is 3.90. The molecule has 1 amide bonds. The highest BCUT2D eigenvalue weighted by molar-refractivity contribution is 8.00. The molecule has 0 saturated heterocycles. The van der Waals surface area contributed by atoms with Crippen molar-refractivity contribution in [3.05, 3.63) is 22.9 Å². The number of pyridine rings is 1. The zero-order valence-corrected chi connectivity index (χ0v) is 15.7. The molecule has 0 atom stereocenters. The second kappa shape index (κ2) is 9.57. The maximum absolute atomic E-state index is 12.2. The summed E-state index contributed by atoms with van der Waals surface area (Å²) in [4.78, 5) is 28.2. The molecule has 1 aliphatic carbocycles. The molecule has 1 N–H and O–H groups in total. The van der Waals surface area contributed by atoms with Gasteiger partial charge in [-0.25, -0.2) is 4.98 Å². The molecule has 1 aliphatic rings. The van der Waals surface area contributed by atoms with Gasteiger partial charge in [0.25, 0.3) is 0 Å². The average Bonchev–Trinajstić information content (AvgIpc) is 2.55. The van der Waals surface area contributed by atoms with E-state index >= 15 is 0 Å². The van der Waals surface area contributed by atoms with Gasteiger partial charge in [0.15, 0.2) is 5.78 Å². The number of hydrogen-bond acceptors (Lipinski definition) is 5. The number of rotatable bonds is 5. The summed E-state index contributed by atoms with van der Waals surface area (Å²) in [5.74, 6) is 0.103. The molecule has 5 nitrogen and oxygen atoms in total. The van der Waals surface area contributed by atoms with Crippen LogP contribution in [0.4, 0.5) is 0 Å². The molecular formula is C19H25N3O2S. The van der Waals surface area contributed by atoms with Crippen LogP contribution in [0.2, 0.25) is 0 Å². The van der Waals surface area contributed by atoms with Crippen molar-refractivity contribution in [3.8, 4) is 6.07 Å². The first kappa shape index (κ1) is 19.5. The van der Waals surface area contributed by atoms with E-state index in [0.717, 1.165) is 12.8 Å². The Morgan fingerprint density at radius 2 is 1.92 bits per heavy atom. The Labute approximate surface area is 153 Å². The van der Waals surface area contributed by atoms with Crippen molar-refractivity contribution in [1.29, 1.82) is 5.26 Å². The number of aryl methyl sites for hydroxylation is 1. The molecule has 0 radical (unpaired) electrons. The lowest BCUT2D eigenvalue weighted by atomic mass is 9.97. The van der Waals surface area contributed by atoms with E-state index in [-0.39, 0.29) is 23.5 Å². The van der Waals surface area contributed by atoms with E-state index in [1.165, 1.54) is 50.8 Å². The van der Waals surface area contributed by atoms with Crippen LogP contribution in [-0.2, 0) is 4.79 Å². The van der Waals surface area contributed by atoms with Crippen LogP contribution in [0.25, 0.3) is 0 Å². The number of carbonyl (C=O) groups excluding carboxylic acids is 2. The first-order valence-corrected chi connectivity index (χ1v) is 9.84. The summed E-state index contributed by atoms with van der Waals surface area (Å²) in [7, 11) is 0. The van der Waals surface area contributed by atoms with Crippen LogP contribution in [0.1, 0.15) is 73.5 Å². The summed E-state index contributed by atoms with van der Waals surface area (Å²) in [5, 5.41) is 12.9. The third kappa shape index (κ3) is 5.86. The lowest BCUT2D eigenvalue weighted by molar-refractivity contribution is -0.119. The fourth-order valence-corrected chi connectivity index (χ4v) is 3.95. The van der Waals surface area contributed by atoms with Crippen LogP contribution in [0.3, 0.4) is 0 Å². The molecule has 1 fully saturated rings. The molecule has 25 heavy (non-hydrogen) atoms. The highest BCUT2D eigenvalue weighted by atomic mass is 32.2. The molecule has 0 unspecified atom stereocenters. The third-order valence-corrected chi connectivity index (χ3v) is 5.48. The number of nitrogens with zero attached hydrogens (tertiary/aromatic N) is 2. The van der Waals surface area contributed by atoms with Crippen molar-refractivity contribution in [3.63, 3.8) is 0 Å². The molecule has 1 heterocycles. The Hall–Kier alpha value is -1.87. The molecule has 1 aromatic rings. The Bertz CT molecular complexity index is 674. The molecule has 1 saturated carbocycles. The number of hydrogen-bond donors (Lipinski definition) is 1. The molecule has 0 spiro atoms. The van der Waals surface area contributed by atoms with Gasteiger partial charge in [0.2, 0.25) is 5.91 Å². The van der Waals surface area contributed by atoms with E-state index < -0.39 is 0 Å². The van der Waals surface area contributed by atoms with Gasteiger partial charge in [-0.15, -0.1) is 0 Å². The topological polar surface area (TPSA) is 82.8 Å². The Kier molecular flexibility index (Phi) is 7.45. The van der Waals surface area contributed by atoms with E-state index in [9.17, 15) is 14.9 Å². The van der Waals surface area contributed by atoms with Gasteiger partial charge in [0, 0.05) is 17.3 Å². The number of carbonyl (C=O) groups is 2. The van der Waals surface area contributed by atoms with Gasteiger partial charge < -0.3 is 5.32 Å². The predicted octanol–water partition coefficient (Wildman–Crippen LogP) is 3.79. The zero-order chi connectivity index (χ0) is 18.2. The van der Waals surface area contributed by atoms with E-state index in [0.29, 0.717) is 21.8 Å². The van der Waals surface area contributed by atoms with Crippen LogP contribution in [-0.4, -0.2) is 28.5 Å². The maximum atomic E-state index is 12.2. The fraction of sp³-hybridized carbons (Fsp3) is 0.579. The van der Waals surface area contributed by atoms with Gasteiger partial charge in [0.05, 0.1) is 11.3 Å². The van der Waals surface area contributed by atoms with Gasteiger partial charge in [0.1, 0.15) is 11.1 Å². The summed E-state index contributed by atoms with van der Waals surface area (Å²) in [6.45, 7) is 3.21. The largest absolute Gasteiger partial charge is 0.353 e. The summed E-state index contributed by atoms with van der Waals surface area (Å²) in [6.07, 6.45) is 8.23. The Morgan fingerprint density at radius 3 is 2.52 bits per heavy atom. The molecule has 0 aromatic carbocycles. The van der Waals surface area contributed by atoms with Crippen molar-refractivity contribution < 1.29 is 9.59 Å². The van der Waals surface area contributed by atoms with Crippen molar-refractivity contribution >= 4 is 23.5 Å². The molecule has 0 bridgehead atoms. The second-order valence-corrected chi connectivity index (χ2v) is 7.50. The molecule has 2 rings (SSSR count). The molecule has 0 aliphatic heterocycles. The Balaban J connectivity index is 1.95. The van der Waals surface area contributed by atoms with Crippen molar-refractivity contribution in [2.45, 2.75) is 69.9 Å². The molecule has 6 heteroatoms. The van der Waals surface area contributed by atoms with Crippen molar-refractivity contribution in [2.24, 2.45) is 0 Å². The van der Waals surface area contributed by atoms with Crippen LogP contribution >= 0.6 is 11.8 Å². The van der Waals surface area contributed by atoms with Crippen molar-refractivity contribution in [1.82, 2.24) is 10.3 Å². The number of ketones is 1. The first-order valence-electron chi connectivity index (χ1n) is 8.86. The van der Waals surface area contributed by atoms with Crippen LogP contribution in [0, 0.1) is 18.3 Å². The van der Waals surface area contributed by atoms with Gasteiger partial charge in [-0.1, -0.05) is 43.9 Å². The maximum Gasteiger partial charge on any atom is 0.230 e. The highest BCUT2D eigenvalue weighted by Crippen LogP contribution is 2.23. The standard InChI is InChI=1S/C19H25N3O2S/c1-13-17(14(2)23)10-15(11-20)19(21-13)25-12-18(24)22-16-8-6-4-3-5-7-9-16/h10,16H,3-9,12H2,1-2H3,(H,22,24). The van der Waals surface area contributed by atoms with E-state index in [4.69, 9.17) is 0 Å². The number of nitriles is 1. The highest BCUT2D eigenvalue weighted by Gasteiger charge is 2.16. The summed E-state index contributed by atoms with van der Waals surface area (Å²) in [5.41, 5.74) is 1.40. The number of Topliss-reactive ketones (excluding diaryl/α,β-unsaturated/α-hetero) is 1. The quantitative estimate of drug-likeness (QED) is 0.639. The van der Waals surface area contributed by atoms with Crippen molar-refractivity contribution in [2.75, 3.05) is 5.75 Å². The lowest BCUT2D eigenvalue weighted by Crippen LogP contribution is -2.36. The number of amides is 1. The third-order valence-electron chi connectivity index (χ3n) is 4.49. The van der Waals surface area contributed by atoms with Crippen LogP contribution in [0.15, 0.2) is 11.1 Å². The molecular weight excluding hydrogens is 334 g/mol. The SMILES string of the molecule is CC(=O)c1cc(C#N)c(SCC(=O)NC2CCCCCCC2)nc1C. The minimum atomic E-state index is -0.111. The van der Waals surface area contributed by atoms with Gasteiger partial charge in [-0.05, 0) is 32.8 Å². The lowest BCUT2D eigenvalue weighted by Gasteiger charge is -2.21. The fourth-order valence-electron chi connectivity index (χ4n) is 3.13. The van der Waals surface area contributed by atoms with Crippen LogP contribution < -0.4 is 5.32 Å². The van der Waals surface area contributed by atoms with E-state index in [2.05, 4.69) is 16.4 Å². The minimum Gasteiger partial charge on any atom is -0.353 e. The normalized spacial score (nSPS) is 15.7. The monoisotopic (exact) mass is 359 g/mol. The molecule has 134 valence electrons. The van der Waals surface area contributed by atoms with E-state index in [1.807, 2.05) is 0 Å². The summed E-state index contributed by atoms with van der Waals surface area (Å²) < 4.78 is 0. The first-order chi connectivity index (χ1) is 12.0. The van der Waals surface area contributed by atoms with Gasteiger partial charge in [-0.2, -0.15) is 5.26 Å². The second-order valence-electron chi connectivity index (χ2n) is 6.54. The van der Waals surface area contributed by atoms with E-state index in [1.54, 1.807) is 13.0 Å². The van der Waals surface area contributed by atoms with Gasteiger partial charge >= 0.3 is 0 Å². The molecule has 1 aromatic heterocycles. The average molecular weight is 359 g/mol. The number of nitrogens with one attached hydrogen (secondary N) is 1. The smallest absolute Gasteiger partial charge is 0.230 e.